The molecule has 3 N–H and O–H groups in total. The van der Waals surface area contributed by atoms with Crippen molar-refractivity contribution < 1.29 is 76.0 Å². The number of aryl methyl sites for hydroxylation is 1. The van der Waals surface area contributed by atoms with Crippen molar-refractivity contribution in [1.82, 2.24) is 20.2 Å². The van der Waals surface area contributed by atoms with E-state index in [1.807, 2.05) is 0 Å². The number of pyridine rings is 2. The first-order valence-corrected chi connectivity index (χ1v) is 27.5. The average molecular weight is 1070 g/mol. The van der Waals surface area contributed by atoms with E-state index < -0.39 is 35.1 Å². The maximum absolute atomic E-state index is 15.2. The number of nitrogens with one attached hydrogen (secondary N) is 2. The van der Waals surface area contributed by atoms with Crippen molar-refractivity contribution in [3.8, 4) is 11.4 Å². The number of carbonyl (C=O) groups excluding carboxylic acids is 3. The topological polar surface area (TPSA) is 232 Å². The highest BCUT2D eigenvalue weighted by molar-refractivity contribution is 8.76. The molecule has 2 amide bonds. The number of esters is 1. The van der Waals surface area contributed by atoms with Gasteiger partial charge in [0.05, 0.1) is 147 Å². The number of rotatable bonds is 37. The van der Waals surface area contributed by atoms with Gasteiger partial charge in [-0.15, -0.1) is 0 Å². The maximum atomic E-state index is 15.2. The lowest BCUT2D eigenvalue weighted by atomic mass is 9.81. The lowest BCUT2D eigenvalue weighted by Gasteiger charge is -2.29. The summed E-state index contributed by atoms with van der Waals surface area (Å²) in [5.74, 6) is -0.207. The van der Waals surface area contributed by atoms with E-state index in [1.54, 1.807) is 23.8 Å². The molecule has 23 heteroatoms. The van der Waals surface area contributed by atoms with Crippen molar-refractivity contribution in [1.29, 1.82) is 0 Å². The fraction of sp³-hybridized carbons (Fsp3) is 0.660. The van der Waals surface area contributed by atoms with E-state index in [9.17, 15) is 24.3 Å². The van der Waals surface area contributed by atoms with Gasteiger partial charge in [-0.3, -0.25) is 9.59 Å². The molecule has 0 spiro atoms. The quantitative estimate of drug-likeness (QED) is 0.0325. The van der Waals surface area contributed by atoms with Crippen LogP contribution in [0.25, 0.3) is 22.3 Å². The molecule has 1 aliphatic carbocycles. The third kappa shape index (κ3) is 17.3. The van der Waals surface area contributed by atoms with Crippen LogP contribution in [0.15, 0.2) is 16.9 Å². The van der Waals surface area contributed by atoms with Crippen LogP contribution in [0, 0.1) is 12.7 Å². The van der Waals surface area contributed by atoms with E-state index in [2.05, 4.69) is 17.6 Å². The minimum atomic E-state index is -2.04. The molecule has 3 aromatic rings. The van der Waals surface area contributed by atoms with Gasteiger partial charge in [0.25, 0.3) is 5.56 Å². The largest absolute Gasteiger partial charge is 0.458 e. The van der Waals surface area contributed by atoms with Gasteiger partial charge >= 0.3 is 12.1 Å². The summed E-state index contributed by atoms with van der Waals surface area (Å²) in [5, 5.41) is 17.6. The van der Waals surface area contributed by atoms with Crippen LogP contribution in [0.5, 0.6) is 0 Å². The van der Waals surface area contributed by atoms with Crippen molar-refractivity contribution in [2.45, 2.75) is 71.2 Å². The second-order valence-electron chi connectivity index (χ2n) is 17.3. The van der Waals surface area contributed by atoms with Crippen LogP contribution < -0.4 is 16.2 Å². The molecule has 406 valence electrons. The van der Waals surface area contributed by atoms with Crippen LogP contribution >= 0.6 is 21.6 Å². The van der Waals surface area contributed by atoms with Gasteiger partial charge in [-0.1, -0.05) is 28.5 Å². The molecule has 0 fully saturated rings. The molecule has 4 heterocycles. The number of cyclic esters (lactones) is 1. The Kier molecular flexibility index (Phi) is 24.9. The van der Waals surface area contributed by atoms with Crippen molar-refractivity contribution in [2.24, 2.45) is 0 Å². The maximum Gasteiger partial charge on any atom is 0.407 e. The van der Waals surface area contributed by atoms with Crippen LogP contribution in [-0.2, 0) is 86.9 Å². The van der Waals surface area contributed by atoms with Gasteiger partial charge in [0, 0.05) is 53.7 Å². The minimum absolute atomic E-state index is 0.112. The Labute approximate surface area is 433 Å². The van der Waals surface area contributed by atoms with Gasteiger partial charge in [0.2, 0.25) is 5.91 Å². The molecule has 2 aromatic heterocycles. The molecule has 2 atom stereocenters. The molecule has 3 aliphatic rings. The highest BCUT2D eigenvalue weighted by Crippen LogP contribution is 2.45. The number of hydrogen-bond acceptors (Lipinski definition) is 19. The van der Waals surface area contributed by atoms with Crippen molar-refractivity contribution in [3.05, 3.63) is 61.7 Å². The molecule has 1 aromatic carbocycles. The summed E-state index contributed by atoms with van der Waals surface area (Å²) in [4.78, 5) is 56.5. The van der Waals surface area contributed by atoms with Crippen LogP contribution in [0.4, 0.5) is 9.18 Å². The monoisotopic (exact) mass is 1070 g/mol. The second-order valence-corrected chi connectivity index (χ2v) is 20.0. The van der Waals surface area contributed by atoms with Crippen LogP contribution in [0.1, 0.15) is 72.5 Å². The molecule has 0 unspecified atom stereocenters. The number of halogens is 1. The standard InChI is InChI=1S/C50H71FN4O16S2/c1-4-9-61-11-13-63-15-17-65-19-21-67-23-25-69-26-24-68-22-20-66-18-16-64-14-12-62-10-7-43(56)52-8-28-72-73-29-27-70-49(59)54-40-6-5-35-34(2)39(51)31-41-44(35)45(40)36-32-55-42(46(36)53-41)30-38-37(47(55)57)33-71-48(58)50(38,3)60/h30-31,40,60H,4-29,32-33H2,1-3H3,(H,52,56)(H,54,59)/t40-,50-/m0/s1. The molecule has 2 aliphatic heterocycles. The Morgan fingerprint density at radius 1 is 0.781 bits per heavy atom. The predicted molar refractivity (Wildman–Crippen MR) is 270 cm³/mol. The highest BCUT2D eigenvalue weighted by atomic mass is 33.1. The summed E-state index contributed by atoms with van der Waals surface area (Å²) in [5.41, 5.74) is 1.79. The van der Waals surface area contributed by atoms with Crippen LogP contribution in [-0.4, -0.2) is 176 Å². The summed E-state index contributed by atoms with van der Waals surface area (Å²) in [6.07, 6.45) is 1.58. The number of aliphatic hydroxyl groups is 1. The zero-order chi connectivity index (χ0) is 51.8. The van der Waals surface area contributed by atoms with E-state index in [1.165, 1.54) is 28.4 Å². The molecule has 0 radical (unpaired) electrons. The number of nitrogens with zero attached hydrogens (tertiary/aromatic N) is 2. The molecule has 20 nitrogen and oxygen atoms in total. The molecule has 0 saturated heterocycles. The third-order valence-corrected chi connectivity index (χ3v) is 14.5. The number of amides is 2. The number of benzene rings is 1. The summed E-state index contributed by atoms with van der Waals surface area (Å²) in [7, 11) is 3.06. The molecular weight excluding hydrogens is 996 g/mol. The summed E-state index contributed by atoms with van der Waals surface area (Å²) < 4.78 is 76.7. The van der Waals surface area contributed by atoms with Crippen LogP contribution in [0.2, 0.25) is 0 Å². The third-order valence-electron chi connectivity index (χ3n) is 12.1. The Balaban J connectivity index is 0.740. The highest BCUT2D eigenvalue weighted by Gasteiger charge is 2.44. The smallest absolute Gasteiger partial charge is 0.407 e. The normalized spacial score (nSPS) is 16.6. The van der Waals surface area contributed by atoms with Crippen molar-refractivity contribution >= 4 is 50.5 Å². The first kappa shape index (κ1) is 58.3. The minimum Gasteiger partial charge on any atom is -0.458 e. The zero-order valence-corrected chi connectivity index (χ0v) is 43.8. The zero-order valence-electron chi connectivity index (χ0n) is 42.2. The number of aromatic nitrogens is 2. The van der Waals surface area contributed by atoms with Crippen LogP contribution in [0.3, 0.4) is 0 Å². The summed E-state index contributed by atoms with van der Waals surface area (Å²) >= 11 is 0. The number of carbonyl (C=O) groups is 3. The average Bonchev–Trinajstić information content (AvgIpc) is 3.75. The Morgan fingerprint density at radius 2 is 1.33 bits per heavy atom. The summed E-state index contributed by atoms with van der Waals surface area (Å²) in [6, 6.07) is 2.43. The number of alkyl carbamates (subject to hydrolysis) is 1. The van der Waals surface area contributed by atoms with E-state index in [0.717, 1.165) is 29.5 Å². The SMILES string of the molecule is CCCOCCOCCOCCOCCOCCOCCOCCOCCOCCC(=O)NCCSSCCOC(=O)N[C@H]1CCc2c(C)c(F)cc3nc4c(c1c23)Cn1c-4cc2c(c1=O)COC(=O)[C@@]2(C)O. The molecule has 0 saturated carbocycles. The van der Waals surface area contributed by atoms with Gasteiger partial charge in [-0.2, -0.15) is 0 Å². The Morgan fingerprint density at radius 3 is 1.90 bits per heavy atom. The number of fused-ring (bicyclic) bond motifs is 5. The lowest BCUT2D eigenvalue weighted by Crippen LogP contribution is -2.42. The summed E-state index contributed by atoms with van der Waals surface area (Å²) in [6.45, 7) is 14.3. The lowest BCUT2D eigenvalue weighted by molar-refractivity contribution is -0.169. The fourth-order valence-corrected chi connectivity index (χ4v) is 10.1. The first-order valence-electron chi connectivity index (χ1n) is 25.0. The second kappa shape index (κ2) is 31.2. The molecule has 73 heavy (non-hydrogen) atoms. The Hall–Kier alpha value is -3.98. The van der Waals surface area contributed by atoms with Gasteiger partial charge in [0.1, 0.15) is 19.0 Å². The van der Waals surface area contributed by atoms with Gasteiger partial charge in [0.15, 0.2) is 5.60 Å². The predicted octanol–water partition coefficient (Wildman–Crippen LogP) is 4.30. The molecule has 6 rings (SSSR count). The van der Waals surface area contributed by atoms with E-state index in [4.69, 9.17) is 57.1 Å². The number of hydrogen-bond donors (Lipinski definition) is 3. The number of ether oxygens (including phenoxy) is 11. The van der Waals surface area contributed by atoms with E-state index >= 15 is 4.39 Å². The van der Waals surface area contributed by atoms with Crippen molar-refractivity contribution in [2.75, 3.05) is 144 Å². The molecular formula is C50H71FN4O16S2. The fourth-order valence-electron chi connectivity index (χ4n) is 8.41. The van der Waals surface area contributed by atoms with Gasteiger partial charge < -0.3 is 72.4 Å². The van der Waals surface area contributed by atoms with E-state index in [-0.39, 0.29) is 49.8 Å². The van der Waals surface area contributed by atoms with E-state index in [0.29, 0.717) is 165 Å². The molecule has 0 bridgehead atoms. The van der Waals surface area contributed by atoms with Crippen molar-refractivity contribution in [3.63, 3.8) is 0 Å². The van der Waals surface area contributed by atoms with Gasteiger partial charge in [-0.05, 0) is 55.9 Å². The first-order chi connectivity index (χ1) is 35.5. The Bertz CT molecular complexity index is 2320. The van der Waals surface area contributed by atoms with Gasteiger partial charge in [-0.25, -0.2) is 19.0 Å².